The quantitative estimate of drug-likeness (QED) is 0.574. The fourth-order valence-electron chi connectivity index (χ4n) is 3.91. The van der Waals surface area contributed by atoms with Crippen molar-refractivity contribution in [2.24, 2.45) is 0 Å². The highest BCUT2D eigenvalue weighted by Crippen LogP contribution is 2.25. The zero-order valence-electron chi connectivity index (χ0n) is 17.8. The first kappa shape index (κ1) is 21.9. The Kier molecular flexibility index (Phi) is 7.49. The lowest BCUT2D eigenvalue weighted by Crippen LogP contribution is -2.15. The van der Waals surface area contributed by atoms with Crippen LogP contribution in [0.1, 0.15) is 72.7 Å². The summed E-state index contributed by atoms with van der Waals surface area (Å²) in [5.41, 5.74) is 4.31. The van der Waals surface area contributed by atoms with Gasteiger partial charge in [-0.2, -0.15) is 0 Å². The molecule has 0 spiro atoms. The molecule has 0 amide bonds. The van der Waals surface area contributed by atoms with Gasteiger partial charge in [0.15, 0.2) is 0 Å². The van der Waals surface area contributed by atoms with Crippen molar-refractivity contribution in [3.8, 4) is 0 Å². The van der Waals surface area contributed by atoms with Crippen molar-refractivity contribution in [3.63, 3.8) is 0 Å². The summed E-state index contributed by atoms with van der Waals surface area (Å²) in [5.74, 6) is 0.413. The summed E-state index contributed by atoms with van der Waals surface area (Å²) in [7, 11) is 0. The summed E-state index contributed by atoms with van der Waals surface area (Å²) in [6, 6.07) is 2.23. The molecule has 7 heteroatoms. The number of ketones is 1. The molecule has 0 aliphatic carbocycles. The van der Waals surface area contributed by atoms with E-state index in [4.69, 9.17) is 4.98 Å². The zero-order valence-corrected chi connectivity index (χ0v) is 17.8. The lowest BCUT2D eigenvalue weighted by Gasteiger charge is -2.19. The van der Waals surface area contributed by atoms with Crippen LogP contribution in [0.15, 0.2) is 18.5 Å². The third-order valence-electron chi connectivity index (χ3n) is 5.60. The molecule has 0 saturated carbocycles. The van der Waals surface area contributed by atoms with Gasteiger partial charge in [-0.05, 0) is 62.6 Å². The van der Waals surface area contributed by atoms with Gasteiger partial charge in [0.25, 0.3) is 0 Å². The molecule has 1 unspecified atom stereocenters. The largest absolute Gasteiger partial charge is 0.481 e. The molecular weight excluding hydrogens is 380 g/mol. The number of aliphatic carboxylic acids is 1. The second-order valence-corrected chi connectivity index (χ2v) is 8.10. The highest BCUT2D eigenvalue weighted by atomic mass is 16.4. The third kappa shape index (κ3) is 6.08. The van der Waals surface area contributed by atoms with Crippen molar-refractivity contribution in [2.45, 2.75) is 71.1 Å². The van der Waals surface area contributed by atoms with Crippen molar-refractivity contribution in [1.29, 1.82) is 0 Å². The zero-order chi connectivity index (χ0) is 21.5. The van der Waals surface area contributed by atoms with Gasteiger partial charge in [0.05, 0.1) is 6.42 Å². The number of aromatic nitrogens is 3. The summed E-state index contributed by atoms with van der Waals surface area (Å²) in [5, 5.41) is 12.6. The molecule has 30 heavy (non-hydrogen) atoms. The number of carbonyl (C=O) groups excluding carboxylic acids is 1. The highest BCUT2D eigenvalue weighted by molar-refractivity contribution is 5.80. The van der Waals surface area contributed by atoms with Gasteiger partial charge in [0.1, 0.15) is 17.4 Å². The van der Waals surface area contributed by atoms with E-state index < -0.39 is 5.97 Å². The number of carboxylic acid groups (broad SMARTS) is 1. The van der Waals surface area contributed by atoms with Gasteiger partial charge >= 0.3 is 5.97 Å². The van der Waals surface area contributed by atoms with Crippen molar-refractivity contribution >= 4 is 17.6 Å². The molecule has 1 aliphatic heterocycles. The Labute approximate surface area is 177 Å². The molecule has 160 valence electrons. The minimum atomic E-state index is -0.920. The van der Waals surface area contributed by atoms with Crippen LogP contribution >= 0.6 is 0 Å². The topological polar surface area (TPSA) is 105 Å². The van der Waals surface area contributed by atoms with Crippen LogP contribution in [0.4, 0.5) is 5.82 Å². The number of carboxylic acids is 1. The SMILES string of the molecule is Cc1ncc(C(CC(=O)O)CC(=O)CCCCc2nc3c(cc2C)CCCN3)cn1. The first-order valence-corrected chi connectivity index (χ1v) is 10.7. The maximum atomic E-state index is 12.5. The molecule has 0 saturated heterocycles. The number of unbranched alkanes of at least 4 members (excludes halogenated alkanes) is 1. The molecular formula is C23H30N4O3. The van der Waals surface area contributed by atoms with E-state index in [-0.39, 0.29) is 24.5 Å². The van der Waals surface area contributed by atoms with Crippen LogP contribution in [0.25, 0.3) is 0 Å². The van der Waals surface area contributed by atoms with E-state index in [1.54, 1.807) is 19.3 Å². The number of anilines is 1. The standard InChI is InChI=1S/C23H30N4O3/c1-15-10-17-6-5-9-24-23(17)27-21(15)8-4-3-7-20(28)11-18(12-22(29)30)19-13-25-16(2)26-14-19/h10,13-14,18H,3-9,11-12H2,1-2H3,(H,24,27)(H,29,30). The number of fused-ring (bicyclic) bond motifs is 1. The molecule has 0 aromatic carbocycles. The Morgan fingerprint density at radius 3 is 2.67 bits per heavy atom. The van der Waals surface area contributed by atoms with Gasteiger partial charge in [-0.1, -0.05) is 6.07 Å². The first-order valence-electron chi connectivity index (χ1n) is 10.7. The number of nitrogens with one attached hydrogen (secondary N) is 1. The number of nitrogens with zero attached hydrogens (tertiary/aromatic N) is 3. The molecule has 0 radical (unpaired) electrons. The molecule has 2 aromatic heterocycles. The highest BCUT2D eigenvalue weighted by Gasteiger charge is 2.20. The van der Waals surface area contributed by atoms with Gasteiger partial charge < -0.3 is 10.4 Å². The van der Waals surface area contributed by atoms with Gasteiger partial charge in [-0.25, -0.2) is 15.0 Å². The second-order valence-electron chi connectivity index (χ2n) is 8.10. The maximum absolute atomic E-state index is 12.5. The Morgan fingerprint density at radius 2 is 1.93 bits per heavy atom. The van der Waals surface area contributed by atoms with Crippen LogP contribution in [0.5, 0.6) is 0 Å². The molecule has 7 nitrogen and oxygen atoms in total. The summed E-state index contributed by atoms with van der Waals surface area (Å²) in [6.07, 6.45) is 8.54. The van der Waals surface area contributed by atoms with E-state index in [9.17, 15) is 14.7 Å². The van der Waals surface area contributed by atoms with Crippen LogP contribution in [0, 0.1) is 13.8 Å². The number of hydrogen-bond acceptors (Lipinski definition) is 6. The predicted molar refractivity (Wildman–Crippen MR) is 115 cm³/mol. The maximum Gasteiger partial charge on any atom is 0.303 e. The van der Waals surface area contributed by atoms with Crippen LogP contribution < -0.4 is 5.32 Å². The molecule has 3 rings (SSSR count). The van der Waals surface area contributed by atoms with E-state index in [2.05, 4.69) is 28.3 Å². The molecule has 3 heterocycles. The number of pyridine rings is 1. The minimum Gasteiger partial charge on any atom is -0.481 e. The minimum absolute atomic E-state index is 0.0820. The summed E-state index contributed by atoms with van der Waals surface area (Å²) in [6.45, 7) is 4.85. The van der Waals surface area contributed by atoms with Crippen LogP contribution in [0.3, 0.4) is 0 Å². The van der Waals surface area contributed by atoms with Crippen LogP contribution in [0.2, 0.25) is 0 Å². The Bertz CT molecular complexity index is 896. The van der Waals surface area contributed by atoms with Crippen LogP contribution in [-0.4, -0.2) is 38.4 Å². The third-order valence-corrected chi connectivity index (χ3v) is 5.60. The van der Waals surface area contributed by atoms with E-state index in [1.165, 1.54) is 11.1 Å². The summed E-state index contributed by atoms with van der Waals surface area (Å²) >= 11 is 0. The van der Waals surface area contributed by atoms with Gasteiger partial charge in [0, 0.05) is 43.4 Å². The number of rotatable bonds is 10. The van der Waals surface area contributed by atoms with E-state index in [0.29, 0.717) is 17.8 Å². The normalized spacial score (nSPS) is 13.9. The average molecular weight is 411 g/mol. The van der Waals surface area contributed by atoms with Crippen molar-refractivity contribution in [3.05, 3.63) is 46.7 Å². The molecule has 2 aromatic rings. The van der Waals surface area contributed by atoms with Crippen molar-refractivity contribution < 1.29 is 14.7 Å². The van der Waals surface area contributed by atoms with Crippen molar-refractivity contribution in [1.82, 2.24) is 15.0 Å². The Morgan fingerprint density at radius 1 is 1.17 bits per heavy atom. The summed E-state index contributed by atoms with van der Waals surface area (Å²) in [4.78, 5) is 36.8. The molecule has 1 atom stereocenters. The summed E-state index contributed by atoms with van der Waals surface area (Å²) < 4.78 is 0. The van der Waals surface area contributed by atoms with Gasteiger partial charge in [-0.3, -0.25) is 9.59 Å². The first-order chi connectivity index (χ1) is 14.4. The average Bonchev–Trinajstić information content (AvgIpc) is 2.71. The monoisotopic (exact) mass is 410 g/mol. The van der Waals surface area contributed by atoms with Crippen LogP contribution in [-0.2, 0) is 22.4 Å². The number of aryl methyl sites for hydroxylation is 4. The second kappa shape index (κ2) is 10.3. The molecule has 1 aliphatic rings. The molecule has 2 N–H and O–H groups in total. The van der Waals surface area contributed by atoms with E-state index in [1.807, 2.05) is 0 Å². The lowest BCUT2D eigenvalue weighted by molar-refractivity contribution is -0.137. The van der Waals surface area contributed by atoms with Crippen molar-refractivity contribution in [2.75, 3.05) is 11.9 Å². The predicted octanol–water partition coefficient (Wildman–Crippen LogP) is 3.78. The lowest BCUT2D eigenvalue weighted by atomic mass is 9.91. The number of hydrogen-bond donors (Lipinski definition) is 2. The number of carbonyl (C=O) groups is 2. The Hall–Kier alpha value is -2.83. The molecule has 0 fully saturated rings. The molecule has 0 bridgehead atoms. The fourth-order valence-corrected chi connectivity index (χ4v) is 3.91. The number of Topliss-reactive ketones (excluding diaryl/α,β-unsaturated/α-hetero) is 1. The fraction of sp³-hybridized carbons (Fsp3) is 0.522. The van der Waals surface area contributed by atoms with E-state index >= 15 is 0 Å². The van der Waals surface area contributed by atoms with Gasteiger partial charge in [-0.15, -0.1) is 0 Å². The Balaban J connectivity index is 1.50. The van der Waals surface area contributed by atoms with Gasteiger partial charge in [0.2, 0.25) is 0 Å². The van der Waals surface area contributed by atoms with E-state index in [0.717, 1.165) is 50.2 Å². The smallest absolute Gasteiger partial charge is 0.303 e.